The Labute approximate surface area is 112 Å². The number of alkyl halides is 1. The molecule has 1 aromatic carbocycles. The second-order valence-corrected chi connectivity index (χ2v) is 4.42. The molecule has 1 aromatic heterocycles. The minimum absolute atomic E-state index is 0.294. The second-order valence-electron chi connectivity index (χ2n) is 3.30. The summed E-state index contributed by atoms with van der Waals surface area (Å²) in [4.78, 5) is 3.94. The maximum Gasteiger partial charge on any atom is 0.141 e. The maximum atomic E-state index is 13.3. The standard InChI is InChI=1S/C12H8BrClFNO/c13-10-2-1-9(5-11(10)15)17-12-3-4-16-7-8(12)6-14/h1-5,7H,6H2. The third-order valence-corrected chi connectivity index (χ3v) is 3.05. The van der Waals surface area contributed by atoms with Gasteiger partial charge in [0.1, 0.15) is 17.3 Å². The van der Waals surface area contributed by atoms with E-state index in [0.29, 0.717) is 21.9 Å². The number of nitrogens with zero attached hydrogens (tertiary/aromatic N) is 1. The summed E-state index contributed by atoms with van der Waals surface area (Å²) in [5.41, 5.74) is 0.762. The fourth-order valence-corrected chi connectivity index (χ4v) is 1.73. The fourth-order valence-electron chi connectivity index (χ4n) is 1.28. The molecule has 0 unspecified atom stereocenters. The lowest BCUT2D eigenvalue weighted by atomic mass is 10.3. The number of halogens is 3. The molecule has 88 valence electrons. The number of aromatic nitrogens is 1. The molecule has 0 aliphatic heterocycles. The zero-order chi connectivity index (χ0) is 12.3. The smallest absolute Gasteiger partial charge is 0.141 e. The van der Waals surface area contributed by atoms with Gasteiger partial charge in [0.2, 0.25) is 0 Å². The van der Waals surface area contributed by atoms with Gasteiger partial charge in [-0.25, -0.2) is 4.39 Å². The summed E-state index contributed by atoms with van der Waals surface area (Å²) in [6, 6.07) is 6.26. The van der Waals surface area contributed by atoms with E-state index in [-0.39, 0.29) is 5.82 Å². The summed E-state index contributed by atoms with van der Waals surface area (Å²) in [6.45, 7) is 0. The molecule has 0 spiro atoms. The van der Waals surface area contributed by atoms with E-state index in [4.69, 9.17) is 16.3 Å². The van der Waals surface area contributed by atoms with Crippen LogP contribution >= 0.6 is 27.5 Å². The van der Waals surface area contributed by atoms with Crippen LogP contribution in [0.1, 0.15) is 5.56 Å². The molecule has 0 fully saturated rings. The highest BCUT2D eigenvalue weighted by Crippen LogP contribution is 2.28. The second kappa shape index (κ2) is 5.47. The van der Waals surface area contributed by atoms with Crippen molar-refractivity contribution >= 4 is 27.5 Å². The van der Waals surface area contributed by atoms with Crippen molar-refractivity contribution in [1.82, 2.24) is 4.98 Å². The van der Waals surface area contributed by atoms with E-state index < -0.39 is 0 Å². The molecule has 0 aliphatic carbocycles. The van der Waals surface area contributed by atoms with Crippen LogP contribution in [0.15, 0.2) is 41.1 Å². The van der Waals surface area contributed by atoms with Crippen LogP contribution in [-0.2, 0) is 5.88 Å². The molecule has 0 aliphatic rings. The SMILES string of the molecule is Fc1cc(Oc2ccncc2CCl)ccc1Br. The minimum Gasteiger partial charge on any atom is -0.457 e. The average molecular weight is 317 g/mol. The summed E-state index contributed by atoms with van der Waals surface area (Å²) >= 11 is 8.83. The van der Waals surface area contributed by atoms with E-state index in [1.54, 1.807) is 30.6 Å². The van der Waals surface area contributed by atoms with E-state index in [0.717, 1.165) is 5.56 Å². The van der Waals surface area contributed by atoms with Gasteiger partial charge in [0.15, 0.2) is 0 Å². The fraction of sp³-hybridized carbons (Fsp3) is 0.0833. The molecule has 1 heterocycles. The topological polar surface area (TPSA) is 22.1 Å². The molecular formula is C12H8BrClFNO. The van der Waals surface area contributed by atoms with E-state index in [9.17, 15) is 4.39 Å². The molecule has 0 radical (unpaired) electrons. The number of benzene rings is 1. The first kappa shape index (κ1) is 12.3. The molecule has 5 heteroatoms. The van der Waals surface area contributed by atoms with Gasteiger partial charge in [0, 0.05) is 24.0 Å². The van der Waals surface area contributed by atoms with Crippen molar-refractivity contribution in [3.05, 3.63) is 52.5 Å². The van der Waals surface area contributed by atoms with Gasteiger partial charge in [-0.05, 0) is 34.1 Å². The van der Waals surface area contributed by atoms with Crippen molar-refractivity contribution < 1.29 is 9.13 Å². The number of rotatable bonds is 3. The van der Waals surface area contributed by atoms with Gasteiger partial charge in [-0.2, -0.15) is 0 Å². The first-order valence-electron chi connectivity index (χ1n) is 4.82. The molecular weight excluding hydrogens is 308 g/mol. The van der Waals surface area contributed by atoms with Crippen molar-refractivity contribution in [2.75, 3.05) is 0 Å². The molecule has 17 heavy (non-hydrogen) atoms. The first-order chi connectivity index (χ1) is 8.20. The van der Waals surface area contributed by atoms with Gasteiger partial charge >= 0.3 is 0 Å². The van der Waals surface area contributed by atoms with Crippen LogP contribution in [0, 0.1) is 5.82 Å². The Bertz CT molecular complexity index is 536. The van der Waals surface area contributed by atoms with Crippen molar-refractivity contribution in [3.63, 3.8) is 0 Å². The highest BCUT2D eigenvalue weighted by molar-refractivity contribution is 9.10. The summed E-state index contributed by atoms with van der Waals surface area (Å²) in [5.74, 6) is 0.923. The summed E-state index contributed by atoms with van der Waals surface area (Å²) in [7, 11) is 0. The van der Waals surface area contributed by atoms with Gasteiger partial charge in [-0.1, -0.05) is 0 Å². The van der Waals surface area contributed by atoms with Gasteiger partial charge in [0.25, 0.3) is 0 Å². The molecule has 0 atom stereocenters. The summed E-state index contributed by atoms with van der Waals surface area (Å²) in [6.07, 6.45) is 3.22. The lowest BCUT2D eigenvalue weighted by Crippen LogP contribution is -1.91. The normalized spacial score (nSPS) is 10.3. The van der Waals surface area contributed by atoms with E-state index in [1.165, 1.54) is 6.07 Å². The van der Waals surface area contributed by atoms with Crippen molar-refractivity contribution in [1.29, 1.82) is 0 Å². The largest absolute Gasteiger partial charge is 0.457 e. The first-order valence-corrected chi connectivity index (χ1v) is 6.15. The Kier molecular flexibility index (Phi) is 3.97. The van der Waals surface area contributed by atoms with Crippen LogP contribution in [0.4, 0.5) is 4.39 Å². The Balaban J connectivity index is 2.28. The van der Waals surface area contributed by atoms with Crippen LogP contribution in [0.2, 0.25) is 0 Å². The quantitative estimate of drug-likeness (QED) is 0.777. The monoisotopic (exact) mass is 315 g/mol. The summed E-state index contributed by atoms with van der Waals surface area (Å²) < 4.78 is 19.3. The Hall–Kier alpha value is -1.13. The minimum atomic E-state index is -0.371. The molecule has 2 aromatic rings. The maximum absolute atomic E-state index is 13.3. The zero-order valence-electron chi connectivity index (χ0n) is 8.66. The van der Waals surface area contributed by atoms with Crippen LogP contribution in [-0.4, -0.2) is 4.98 Å². The molecule has 0 amide bonds. The lowest BCUT2D eigenvalue weighted by Gasteiger charge is -2.09. The van der Waals surface area contributed by atoms with Gasteiger partial charge < -0.3 is 4.74 Å². The average Bonchev–Trinajstić information content (AvgIpc) is 2.34. The van der Waals surface area contributed by atoms with Gasteiger partial charge in [-0.3, -0.25) is 4.98 Å². The van der Waals surface area contributed by atoms with Crippen LogP contribution in [0.3, 0.4) is 0 Å². The zero-order valence-corrected chi connectivity index (χ0v) is 11.0. The third-order valence-electron chi connectivity index (χ3n) is 2.12. The molecule has 2 nitrogen and oxygen atoms in total. The van der Waals surface area contributed by atoms with E-state index in [1.807, 2.05) is 0 Å². The molecule has 0 N–H and O–H groups in total. The van der Waals surface area contributed by atoms with Crippen LogP contribution in [0.25, 0.3) is 0 Å². The predicted molar refractivity (Wildman–Crippen MR) is 68.0 cm³/mol. The van der Waals surface area contributed by atoms with Crippen molar-refractivity contribution in [2.45, 2.75) is 5.88 Å². The van der Waals surface area contributed by atoms with Gasteiger partial charge in [-0.15, -0.1) is 11.6 Å². The van der Waals surface area contributed by atoms with E-state index in [2.05, 4.69) is 20.9 Å². The predicted octanol–water partition coefficient (Wildman–Crippen LogP) is 4.51. The van der Waals surface area contributed by atoms with Crippen LogP contribution in [0.5, 0.6) is 11.5 Å². The van der Waals surface area contributed by atoms with Crippen molar-refractivity contribution in [3.8, 4) is 11.5 Å². The lowest BCUT2D eigenvalue weighted by molar-refractivity contribution is 0.471. The Morgan fingerprint density at radius 2 is 2.18 bits per heavy atom. The third kappa shape index (κ3) is 2.96. The Morgan fingerprint density at radius 1 is 1.35 bits per heavy atom. The molecule has 0 saturated heterocycles. The highest BCUT2D eigenvalue weighted by Gasteiger charge is 2.06. The highest BCUT2D eigenvalue weighted by atomic mass is 79.9. The molecule has 0 saturated carbocycles. The number of hydrogen-bond donors (Lipinski definition) is 0. The molecule has 0 bridgehead atoms. The number of pyridine rings is 1. The van der Waals surface area contributed by atoms with E-state index >= 15 is 0 Å². The van der Waals surface area contributed by atoms with Gasteiger partial charge in [0.05, 0.1) is 10.4 Å². The Morgan fingerprint density at radius 3 is 2.88 bits per heavy atom. The summed E-state index contributed by atoms with van der Waals surface area (Å²) in [5, 5.41) is 0. The number of ether oxygens (including phenoxy) is 1. The number of hydrogen-bond acceptors (Lipinski definition) is 2. The molecule has 2 rings (SSSR count). The van der Waals surface area contributed by atoms with Crippen LogP contribution < -0.4 is 4.74 Å². The van der Waals surface area contributed by atoms with Crippen molar-refractivity contribution in [2.24, 2.45) is 0 Å².